The molecule has 0 amide bonds. The molecule has 100 valence electrons. The number of halogens is 2. The zero-order chi connectivity index (χ0) is 13.8. The number of anilines is 1. The molecular formula is C16H17BrClN. The lowest BCUT2D eigenvalue weighted by Gasteiger charge is -2.21. The maximum absolute atomic E-state index is 6.33. The molecule has 0 radical (unpaired) electrons. The summed E-state index contributed by atoms with van der Waals surface area (Å²) >= 11 is 9.77. The Morgan fingerprint density at radius 2 is 1.68 bits per heavy atom. The molecule has 0 aliphatic heterocycles. The fourth-order valence-corrected chi connectivity index (χ4v) is 2.69. The van der Waals surface area contributed by atoms with Crippen LogP contribution in [0, 0.1) is 6.92 Å². The Kier molecular flexibility index (Phi) is 4.89. The number of alkyl halides is 1. The molecule has 0 aliphatic rings. The number of rotatable bonds is 4. The predicted octanol–water partition coefficient (Wildman–Crippen LogP) is 5.18. The smallest absolute Gasteiger partial charge is 0.0642 e. The van der Waals surface area contributed by atoms with Gasteiger partial charge in [0, 0.05) is 18.9 Å². The maximum atomic E-state index is 6.33. The van der Waals surface area contributed by atoms with E-state index < -0.39 is 0 Å². The van der Waals surface area contributed by atoms with Crippen molar-refractivity contribution in [3.63, 3.8) is 0 Å². The Morgan fingerprint density at radius 3 is 2.26 bits per heavy atom. The minimum absolute atomic E-state index is 0.798. The van der Waals surface area contributed by atoms with Crippen molar-refractivity contribution in [3.05, 3.63) is 64.2 Å². The second-order valence-electron chi connectivity index (χ2n) is 4.76. The molecule has 0 fully saturated rings. The molecule has 3 heteroatoms. The summed E-state index contributed by atoms with van der Waals surface area (Å²) in [5.74, 6) is 0. The van der Waals surface area contributed by atoms with Gasteiger partial charge < -0.3 is 4.90 Å². The van der Waals surface area contributed by atoms with E-state index in [9.17, 15) is 0 Å². The van der Waals surface area contributed by atoms with Crippen LogP contribution in [0.15, 0.2) is 42.5 Å². The van der Waals surface area contributed by atoms with Gasteiger partial charge in [0.15, 0.2) is 0 Å². The highest BCUT2D eigenvalue weighted by Crippen LogP contribution is 2.28. The van der Waals surface area contributed by atoms with Gasteiger partial charge in [0.25, 0.3) is 0 Å². The van der Waals surface area contributed by atoms with E-state index in [1.807, 2.05) is 6.07 Å². The highest BCUT2D eigenvalue weighted by atomic mass is 79.9. The quantitative estimate of drug-likeness (QED) is 0.694. The van der Waals surface area contributed by atoms with Crippen LogP contribution in [0.2, 0.25) is 5.02 Å². The molecule has 0 spiro atoms. The fourth-order valence-electron chi connectivity index (χ4n) is 2.00. The third-order valence-corrected chi connectivity index (χ3v) is 4.07. The molecule has 0 saturated heterocycles. The number of aryl methyl sites for hydroxylation is 1. The third-order valence-electron chi connectivity index (χ3n) is 3.12. The summed E-state index contributed by atoms with van der Waals surface area (Å²) in [6.45, 7) is 2.96. The van der Waals surface area contributed by atoms with E-state index in [-0.39, 0.29) is 0 Å². The van der Waals surface area contributed by atoms with E-state index >= 15 is 0 Å². The van der Waals surface area contributed by atoms with Crippen LogP contribution in [-0.2, 0) is 11.9 Å². The van der Waals surface area contributed by atoms with Gasteiger partial charge in [-0.05, 0) is 30.2 Å². The van der Waals surface area contributed by atoms with Crippen LogP contribution in [0.4, 0.5) is 5.69 Å². The van der Waals surface area contributed by atoms with Crippen molar-refractivity contribution >= 4 is 33.2 Å². The van der Waals surface area contributed by atoms with Gasteiger partial charge in [0.05, 0.1) is 10.7 Å². The number of hydrogen-bond acceptors (Lipinski definition) is 1. The third kappa shape index (κ3) is 3.74. The van der Waals surface area contributed by atoms with Crippen molar-refractivity contribution in [2.75, 3.05) is 11.9 Å². The molecule has 2 rings (SSSR count). The van der Waals surface area contributed by atoms with Gasteiger partial charge in [-0.25, -0.2) is 0 Å². The Balaban J connectivity index is 2.15. The van der Waals surface area contributed by atoms with Crippen molar-refractivity contribution in [3.8, 4) is 0 Å². The SMILES string of the molecule is Cc1ccc(CN(C)c2ccc(CBr)cc2Cl)cc1. The molecule has 0 atom stereocenters. The molecular weight excluding hydrogens is 322 g/mol. The van der Waals surface area contributed by atoms with Gasteiger partial charge in [-0.15, -0.1) is 0 Å². The maximum Gasteiger partial charge on any atom is 0.0642 e. The molecule has 2 aromatic rings. The zero-order valence-corrected chi connectivity index (χ0v) is 13.5. The van der Waals surface area contributed by atoms with E-state index in [2.05, 4.69) is 71.2 Å². The molecule has 0 aliphatic carbocycles. The summed E-state index contributed by atoms with van der Waals surface area (Å²) in [6.07, 6.45) is 0. The lowest BCUT2D eigenvalue weighted by Crippen LogP contribution is -2.16. The molecule has 2 aromatic carbocycles. The fraction of sp³-hybridized carbons (Fsp3) is 0.250. The van der Waals surface area contributed by atoms with Crippen LogP contribution in [-0.4, -0.2) is 7.05 Å². The van der Waals surface area contributed by atoms with Gasteiger partial charge in [-0.1, -0.05) is 63.4 Å². The van der Waals surface area contributed by atoms with Crippen molar-refractivity contribution in [1.29, 1.82) is 0 Å². The highest BCUT2D eigenvalue weighted by Gasteiger charge is 2.07. The Labute approximate surface area is 128 Å². The summed E-state index contributed by atoms with van der Waals surface area (Å²) in [6, 6.07) is 14.8. The number of nitrogens with zero attached hydrogens (tertiary/aromatic N) is 1. The van der Waals surface area contributed by atoms with Crippen LogP contribution in [0.25, 0.3) is 0 Å². The van der Waals surface area contributed by atoms with Gasteiger partial charge in [0.1, 0.15) is 0 Å². The van der Waals surface area contributed by atoms with Gasteiger partial charge in [0.2, 0.25) is 0 Å². The summed E-state index contributed by atoms with van der Waals surface area (Å²) < 4.78 is 0. The van der Waals surface area contributed by atoms with E-state index in [4.69, 9.17) is 11.6 Å². The summed E-state index contributed by atoms with van der Waals surface area (Å²) in [4.78, 5) is 2.17. The number of benzene rings is 2. The summed E-state index contributed by atoms with van der Waals surface area (Å²) in [5.41, 5.74) is 4.82. The van der Waals surface area contributed by atoms with E-state index in [1.54, 1.807) is 0 Å². The van der Waals surface area contributed by atoms with Gasteiger partial charge in [-0.3, -0.25) is 0 Å². The lowest BCUT2D eigenvalue weighted by molar-refractivity contribution is 0.922. The zero-order valence-electron chi connectivity index (χ0n) is 11.2. The van der Waals surface area contributed by atoms with Gasteiger partial charge in [-0.2, -0.15) is 0 Å². The topological polar surface area (TPSA) is 3.24 Å². The molecule has 0 aromatic heterocycles. The standard InChI is InChI=1S/C16H17BrClN/c1-12-3-5-13(6-4-12)11-19(2)16-8-7-14(10-17)9-15(16)18/h3-9H,10-11H2,1-2H3. The van der Waals surface area contributed by atoms with Crippen LogP contribution in [0.3, 0.4) is 0 Å². The van der Waals surface area contributed by atoms with Crippen molar-refractivity contribution in [2.24, 2.45) is 0 Å². The first-order valence-corrected chi connectivity index (χ1v) is 7.71. The van der Waals surface area contributed by atoms with E-state index in [0.717, 1.165) is 22.6 Å². The molecule has 0 saturated carbocycles. The monoisotopic (exact) mass is 337 g/mol. The minimum atomic E-state index is 0.798. The average Bonchev–Trinajstić information content (AvgIpc) is 2.41. The Hall–Kier alpha value is -0.990. The van der Waals surface area contributed by atoms with Crippen molar-refractivity contribution in [2.45, 2.75) is 18.8 Å². The summed E-state index contributed by atoms with van der Waals surface area (Å²) in [7, 11) is 2.06. The average molecular weight is 339 g/mol. The Morgan fingerprint density at radius 1 is 1.05 bits per heavy atom. The molecule has 1 nitrogen and oxygen atoms in total. The van der Waals surface area contributed by atoms with E-state index in [0.29, 0.717) is 0 Å². The van der Waals surface area contributed by atoms with Crippen molar-refractivity contribution in [1.82, 2.24) is 0 Å². The second kappa shape index (κ2) is 6.44. The van der Waals surface area contributed by atoms with Crippen LogP contribution in [0.5, 0.6) is 0 Å². The predicted molar refractivity (Wildman–Crippen MR) is 87.4 cm³/mol. The molecule has 19 heavy (non-hydrogen) atoms. The van der Waals surface area contributed by atoms with E-state index in [1.165, 1.54) is 16.7 Å². The molecule has 0 unspecified atom stereocenters. The summed E-state index contributed by atoms with van der Waals surface area (Å²) in [5, 5.41) is 1.63. The largest absolute Gasteiger partial charge is 0.369 e. The lowest BCUT2D eigenvalue weighted by atomic mass is 10.1. The van der Waals surface area contributed by atoms with Crippen LogP contribution >= 0.6 is 27.5 Å². The van der Waals surface area contributed by atoms with Crippen LogP contribution in [0.1, 0.15) is 16.7 Å². The first kappa shape index (κ1) is 14.4. The van der Waals surface area contributed by atoms with Crippen LogP contribution < -0.4 is 4.90 Å². The first-order chi connectivity index (χ1) is 9.10. The number of hydrogen-bond donors (Lipinski definition) is 0. The highest BCUT2D eigenvalue weighted by molar-refractivity contribution is 9.08. The van der Waals surface area contributed by atoms with Gasteiger partial charge >= 0.3 is 0 Å². The molecule has 0 bridgehead atoms. The Bertz CT molecular complexity index is 551. The van der Waals surface area contributed by atoms with Crippen molar-refractivity contribution < 1.29 is 0 Å². The minimum Gasteiger partial charge on any atom is -0.369 e. The second-order valence-corrected chi connectivity index (χ2v) is 5.73. The molecule has 0 N–H and O–H groups in total. The first-order valence-electron chi connectivity index (χ1n) is 6.21. The normalized spacial score (nSPS) is 10.5. The molecule has 0 heterocycles.